The van der Waals surface area contributed by atoms with Gasteiger partial charge in [-0.3, -0.25) is 10.2 Å². The first-order valence-electron chi connectivity index (χ1n) is 7.14. The number of halogens is 1. The van der Waals surface area contributed by atoms with Crippen LogP contribution in [0.3, 0.4) is 0 Å². The number of carbonyl (C=O) groups is 2. The molecule has 5 nitrogen and oxygen atoms in total. The third-order valence-corrected chi connectivity index (χ3v) is 3.77. The summed E-state index contributed by atoms with van der Waals surface area (Å²) in [6.07, 6.45) is 3.28. The molecule has 3 amide bonds. The lowest BCUT2D eigenvalue weighted by Crippen LogP contribution is -2.50. The van der Waals surface area contributed by atoms with Crippen LogP contribution in [0.4, 0.5) is 9.18 Å². The molecule has 0 spiro atoms. The molecule has 0 aromatic heterocycles. The predicted molar refractivity (Wildman–Crippen MR) is 76.7 cm³/mol. The number of hydrogen-bond donors (Lipinski definition) is 3. The van der Waals surface area contributed by atoms with Gasteiger partial charge in [0.1, 0.15) is 5.82 Å². The fourth-order valence-electron chi connectivity index (χ4n) is 2.52. The summed E-state index contributed by atoms with van der Waals surface area (Å²) in [4.78, 5) is 23.3. The lowest BCUT2D eigenvalue weighted by Gasteiger charge is -2.17. The Bertz CT molecular complexity index is 504. The Balaban J connectivity index is 1.70. The van der Waals surface area contributed by atoms with Crippen LogP contribution in [0.1, 0.15) is 31.7 Å². The molecule has 2 unspecified atom stereocenters. The second-order valence-electron chi connectivity index (χ2n) is 5.46. The number of carbonyl (C=O) groups excluding carboxylic acids is 2. The molecule has 0 saturated heterocycles. The molecule has 1 aromatic carbocycles. The quantitative estimate of drug-likeness (QED) is 0.745. The zero-order valence-corrected chi connectivity index (χ0v) is 12.0. The van der Waals surface area contributed by atoms with Crippen molar-refractivity contribution < 1.29 is 14.0 Å². The summed E-state index contributed by atoms with van der Waals surface area (Å²) < 4.78 is 12.7. The second kappa shape index (κ2) is 7.06. The summed E-state index contributed by atoms with van der Waals surface area (Å²) in [5, 5.41) is 2.84. The first kappa shape index (κ1) is 15.3. The van der Waals surface area contributed by atoms with E-state index in [9.17, 15) is 14.0 Å². The van der Waals surface area contributed by atoms with Crippen LogP contribution >= 0.6 is 0 Å². The third-order valence-electron chi connectivity index (χ3n) is 3.77. The van der Waals surface area contributed by atoms with Crippen LogP contribution in [0.5, 0.6) is 0 Å². The van der Waals surface area contributed by atoms with Crippen LogP contribution < -0.4 is 16.2 Å². The number of urea groups is 1. The first-order chi connectivity index (χ1) is 10.0. The van der Waals surface area contributed by atoms with Crippen LogP contribution in [0, 0.1) is 11.7 Å². The minimum atomic E-state index is -0.402. The summed E-state index contributed by atoms with van der Waals surface area (Å²) >= 11 is 0. The summed E-state index contributed by atoms with van der Waals surface area (Å²) in [7, 11) is 0. The van der Waals surface area contributed by atoms with E-state index in [4.69, 9.17) is 0 Å². The zero-order valence-electron chi connectivity index (χ0n) is 12.0. The average Bonchev–Trinajstić information content (AvgIpc) is 2.85. The van der Waals surface area contributed by atoms with Gasteiger partial charge in [-0.15, -0.1) is 0 Å². The Labute approximate surface area is 123 Å². The molecule has 3 N–H and O–H groups in total. The molecule has 0 radical (unpaired) electrons. The van der Waals surface area contributed by atoms with Crippen molar-refractivity contribution in [1.82, 2.24) is 16.2 Å². The lowest BCUT2D eigenvalue weighted by atomic mass is 10.1. The van der Waals surface area contributed by atoms with Gasteiger partial charge in [0, 0.05) is 6.04 Å². The Kier molecular flexibility index (Phi) is 5.14. The van der Waals surface area contributed by atoms with E-state index in [1.807, 2.05) is 0 Å². The van der Waals surface area contributed by atoms with E-state index in [-0.39, 0.29) is 24.2 Å². The van der Waals surface area contributed by atoms with Crippen molar-refractivity contribution >= 4 is 11.9 Å². The van der Waals surface area contributed by atoms with Crippen molar-refractivity contribution in [3.8, 4) is 0 Å². The maximum Gasteiger partial charge on any atom is 0.333 e. The van der Waals surface area contributed by atoms with E-state index < -0.39 is 6.03 Å². The number of hydrogen-bond acceptors (Lipinski definition) is 2. The Morgan fingerprint density at radius 2 is 1.90 bits per heavy atom. The molecule has 0 aliphatic heterocycles. The molecule has 1 aromatic rings. The van der Waals surface area contributed by atoms with E-state index in [0.29, 0.717) is 11.5 Å². The molecule has 2 atom stereocenters. The van der Waals surface area contributed by atoms with Gasteiger partial charge in [0.25, 0.3) is 0 Å². The molecule has 6 heteroatoms. The summed E-state index contributed by atoms with van der Waals surface area (Å²) in [6.45, 7) is 2.10. The van der Waals surface area contributed by atoms with E-state index in [1.54, 1.807) is 0 Å². The summed E-state index contributed by atoms with van der Waals surface area (Å²) in [5.74, 6) is -0.232. The Morgan fingerprint density at radius 1 is 1.19 bits per heavy atom. The fraction of sp³-hybridized carbons (Fsp3) is 0.467. The minimum Gasteiger partial charge on any atom is -0.334 e. The minimum absolute atomic E-state index is 0.0837. The van der Waals surface area contributed by atoms with E-state index in [2.05, 4.69) is 23.1 Å². The standard InChI is InChI=1S/C15H20FN3O2/c1-10-3-2-4-13(10)17-15(21)19-18-14(20)9-11-5-7-12(16)8-6-11/h5-8,10,13H,2-4,9H2,1H3,(H,18,20)(H2,17,19,21). The number of benzene rings is 1. The lowest BCUT2D eigenvalue weighted by molar-refractivity contribution is -0.121. The number of rotatable bonds is 3. The van der Waals surface area contributed by atoms with Crippen molar-refractivity contribution in [2.75, 3.05) is 0 Å². The summed E-state index contributed by atoms with van der Waals surface area (Å²) in [5.41, 5.74) is 5.36. The van der Waals surface area contributed by atoms with Crippen LogP contribution in [-0.2, 0) is 11.2 Å². The molecule has 0 bridgehead atoms. The van der Waals surface area contributed by atoms with Crippen molar-refractivity contribution in [2.24, 2.45) is 5.92 Å². The van der Waals surface area contributed by atoms with Crippen molar-refractivity contribution in [1.29, 1.82) is 0 Å². The van der Waals surface area contributed by atoms with Gasteiger partial charge in [0.15, 0.2) is 0 Å². The average molecular weight is 293 g/mol. The highest BCUT2D eigenvalue weighted by Crippen LogP contribution is 2.24. The van der Waals surface area contributed by atoms with Gasteiger partial charge in [0.05, 0.1) is 6.42 Å². The van der Waals surface area contributed by atoms with Gasteiger partial charge in [0.2, 0.25) is 5.91 Å². The molecule has 21 heavy (non-hydrogen) atoms. The van der Waals surface area contributed by atoms with Gasteiger partial charge in [-0.05, 0) is 36.5 Å². The van der Waals surface area contributed by atoms with Gasteiger partial charge in [-0.1, -0.05) is 25.5 Å². The van der Waals surface area contributed by atoms with Gasteiger partial charge >= 0.3 is 6.03 Å². The Hall–Kier alpha value is -2.11. The zero-order chi connectivity index (χ0) is 15.2. The third kappa shape index (κ3) is 4.73. The van der Waals surface area contributed by atoms with E-state index in [1.165, 1.54) is 24.3 Å². The normalized spacial score (nSPS) is 20.9. The molecular formula is C15H20FN3O2. The molecular weight excluding hydrogens is 273 g/mol. The maximum atomic E-state index is 12.7. The fourth-order valence-corrected chi connectivity index (χ4v) is 2.52. The number of amides is 3. The van der Waals surface area contributed by atoms with Crippen LogP contribution in [-0.4, -0.2) is 18.0 Å². The first-order valence-corrected chi connectivity index (χ1v) is 7.14. The van der Waals surface area contributed by atoms with E-state index >= 15 is 0 Å². The highest BCUT2D eigenvalue weighted by atomic mass is 19.1. The van der Waals surface area contributed by atoms with Crippen LogP contribution in [0.15, 0.2) is 24.3 Å². The van der Waals surface area contributed by atoms with Crippen LogP contribution in [0.2, 0.25) is 0 Å². The molecule has 1 fully saturated rings. The summed E-state index contributed by atoms with van der Waals surface area (Å²) in [6, 6.07) is 5.43. The van der Waals surface area contributed by atoms with E-state index in [0.717, 1.165) is 19.3 Å². The molecule has 1 aliphatic rings. The molecule has 1 saturated carbocycles. The van der Waals surface area contributed by atoms with Gasteiger partial charge in [-0.25, -0.2) is 14.6 Å². The largest absolute Gasteiger partial charge is 0.334 e. The second-order valence-corrected chi connectivity index (χ2v) is 5.46. The number of nitrogens with one attached hydrogen (secondary N) is 3. The maximum absolute atomic E-state index is 12.7. The highest BCUT2D eigenvalue weighted by Gasteiger charge is 2.24. The highest BCUT2D eigenvalue weighted by molar-refractivity contribution is 5.82. The topological polar surface area (TPSA) is 70.2 Å². The van der Waals surface area contributed by atoms with Gasteiger partial charge < -0.3 is 5.32 Å². The van der Waals surface area contributed by atoms with Crippen LogP contribution in [0.25, 0.3) is 0 Å². The Morgan fingerprint density at radius 3 is 2.52 bits per heavy atom. The monoisotopic (exact) mass is 293 g/mol. The molecule has 1 aliphatic carbocycles. The molecule has 114 valence electrons. The molecule has 0 heterocycles. The number of hydrazine groups is 1. The van der Waals surface area contributed by atoms with Gasteiger partial charge in [-0.2, -0.15) is 0 Å². The smallest absolute Gasteiger partial charge is 0.333 e. The van der Waals surface area contributed by atoms with Crippen molar-refractivity contribution in [3.05, 3.63) is 35.6 Å². The molecule has 2 rings (SSSR count). The van der Waals surface area contributed by atoms with Crippen molar-refractivity contribution in [2.45, 2.75) is 38.6 Å². The van der Waals surface area contributed by atoms with Crippen molar-refractivity contribution in [3.63, 3.8) is 0 Å². The SMILES string of the molecule is CC1CCCC1NC(=O)NNC(=O)Cc1ccc(F)cc1. The predicted octanol–water partition coefficient (Wildman–Crippen LogP) is 1.89.